The maximum atomic E-state index is 9.18. The lowest BCUT2D eigenvalue weighted by molar-refractivity contribution is 0.743. The summed E-state index contributed by atoms with van der Waals surface area (Å²) in [7, 11) is -0.194. The molecule has 1 aliphatic heterocycles. The fourth-order valence-electron chi connectivity index (χ4n) is 3.47. The van der Waals surface area contributed by atoms with Gasteiger partial charge in [-0.25, -0.2) is 5.26 Å². The van der Waals surface area contributed by atoms with Crippen molar-refractivity contribution in [2.24, 2.45) is 5.84 Å². The van der Waals surface area contributed by atoms with Crippen LogP contribution in [-0.4, -0.2) is 22.8 Å². The largest absolute Gasteiger partial charge is 0.324 e. The number of nitriles is 1. The van der Waals surface area contributed by atoms with Gasteiger partial charge in [-0.05, 0) is 37.1 Å². The van der Waals surface area contributed by atoms with E-state index in [-0.39, 0.29) is 17.4 Å². The van der Waals surface area contributed by atoms with Crippen LogP contribution >= 0.6 is 10.7 Å². The van der Waals surface area contributed by atoms with Gasteiger partial charge in [-0.1, -0.05) is 54.0 Å². The first-order valence-corrected chi connectivity index (χ1v) is 10.9. The van der Waals surface area contributed by atoms with Gasteiger partial charge in [0.1, 0.15) is 0 Å². The first kappa shape index (κ1) is 20.2. The van der Waals surface area contributed by atoms with Crippen LogP contribution in [0.5, 0.6) is 0 Å². The molecular weight excluding hydrogens is 365 g/mol. The molecule has 2 aromatic rings. The lowest BCUT2D eigenvalue weighted by Gasteiger charge is -2.35. The second kappa shape index (κ2) is 9.58. The Hall–Kier alpha value is -2.56. The number of nitrogens with two attached hydrogens (primary N) is 1. The van der Waals surface area contributed by atoms with Crippen molar-refractivity contribution in [2.75, 3.05) is 4.31 Å². The molecule has 1 atom stereocenters. The third kappa shape index (κ3) is 4.83. The van der Waals surface area contributed by atoms with Crippen LogP contribution in [0.15, 0.2) is 55.2 Å². The Morgan fingerprint density at radius 1 is 1.29 bits per heavy atom. The van der Waals surface area contributed by atoms with E-state index >= 15 is 0 Å². The number of para-hydroxylation sites is 1. The molecule has 7 heteroatoms. The summed E-state index contributed by atoms with van der Waals surface area (Å²) in [6.45, 7) is 4.76. The summed E-state index contributed by atoms with van der Waals surface area (Å²) < 4.78 is 2.36. The maximum absolute atomic E-state index is 9.18. The summed E-state index contributed by atoms with van der Waals surface area (Å²) in [4.78, 5) is 4.60. The van der Waals surface area contributed by atoms with Gasteiger partial charge in [0.05, 0.1) is 17.9 Å². The van der Waals surface area contributed by atoms with Gasteiger partial charge in [0.2, 0.25) is 0 Å². The molecule has 3 N–H and O–H groups in total. The van der Waals surface area contributed by atoms with E-state index in [1.165, 1.54) is 0 Å². The highest BCUT2D eigenvalue weighted by Crippen LogP contribution is 2.39. The predicted molar refractivity (Wildman–Crippen MR) is 122 cm³/mol. The quantitative estimate of drug-likeness (QED) is 0.324. The maximum Gasteiger partial charge on any atom is 0.267 e. The van der Waals surface area contributed by atoms with Crippen LogP contribution in [0, 0.1) is 11.2 Å². The van der Waals surface area contributed by atoms with E-state index in [2.05, 4.69) is 57.4 Å². The van der Waals surface area contributed by atoms with Crippen LogP contribution in [0.4, 0.5) is 5.69 Å². The van der Waals surface area contributed by atoms with E-state index < -0.39 is 0 Å². The predicted octanol–water partition coefficient (Wildman–Crippen LogP) is 3.86. The number of rotatable bonds is 7. The smallest absolute Gasteiger partial charge is 0.267 e. The van der Waals surface area contributed by atoms with Gasteiger partial charge in [0, 0.05) is 28.7 Å². The van der Waals surface area contributed by atoms with Gasteiger partial charge in [-0.2, -0.15) is 0 Å². The van der Waals surface area contributed by atoms with E-state index in [1.807, 2.05) is 18.2 Å². The summed E-state index contributed by atoms with van der Waals surface area (Å²) in [6.07, 6.45) is 5.86. The van der Waals surface area contributed by atoms with Crippen LogP contribution in [-0.2, 0) is 6.54 Å². The number of benzene rings is 1. The zero-order valence-electron chi connectivity index (χ0n) is 16.1. The number of hydrogen-bond donors (Lipinski definition) is 2. The molecule has 2 heterocycles. The lowest BCUT2D eigenvalue weighted by atomic mass is 9.43. The van der Waals surface area contributed by atoms with Crippen molar-refractivity contribution in [1.29, 1.82) is 5.26 Å². The molecule has 1 unspecified atom stereocenters. The molecule has 1 saturated heterocycles. The van der Waals surface area contributed by atoms with Crippen LogP contribution in [0.2, 0.25) is 12.6 Å². The highest BCUT2D eigenvalue weighted by Gasteiger charge is 2.28. The third-order valence-corrected chi connectivity index (χ3v) is 7.37. The Morgan fingerprint density at radius 3 is 2.57 bits per heavy atom. The lowest BCUT2D eigenvalue weighted by Crippen LogP contribution is -2.28. The van der Waals surface area contributed by atoms with Gasteiger partial charge in [-0.3, -0.25) is 10.8 Å². The fourth-order valence-corrected chi connectivity index (χ4v) is 5.34. The fraction of sp³-hybridized carbons (Fsp3) is 0.286. The van der Waals surface area contributed by atoms with Crippen LogP contribution < -0.4 is 15.6 Å². The molecular formula is C21H26BN5S. The van der Waals surface area contributed by atoms with E-state index in [1.54, 1.807) is 6.20 Å². The molecule has 1 fully saturated rings. The molecule has 0 amide bonds. The topological polar surface area (TPSA) is 78.0 Å². The standard InChI is InChI=1S/C21H26BN5S/c1-17(26-24)18-8-9-19(25-14-18)15-27(20-6-4-3-5-7-20)28(2)21-10-12-22(16-23)13-11-21/h3-9,14,21,26H,1-2,10-13,15,24H2. The second-order valence-electron chi connectivity index (χ2n) is 7.04. The van der Waals surface area contributed by atoms with Crippen molar-refractivity contribution >= 4 is 34.6 Å². The van der Waals surface area contributed by atoms with Crippen LogP contribution in [0.25, 0.3) is 5.70 Å². The Bertz CT molecular complexity index is 855. The minimum Gasteiger partial charge on any atom is -0.324 e. The summed E-state index contributed by atoms with van der Waals surface area (Å²) >= 11 is 0. The average Bonchev–Trinajstić information content (AvgIpc) is 2.77. The normalized spacial score (nSPS) is 15.5. The molecule has 0 aliphatic carbocycles. The molecule has 5 nitrogen and oxygen atoms in total. The second-order valence-corrected chi connectivity index (χ2v) is 8.95. The van der Waals surface area contributed by atoms with E-state index in [0.717, 1.165) is 42.4 Å². The van der Waals surface area contributed by atoms with Crippen molar-refractivity contribution in [3.05, 3.63) is 66.5 Å². The molecule has 1 aromatic carbocycles. The van der Waals surface area contributed by atoms with Gasteiger partial charge in [0.15, 0.2) is 0 Å². The van der Waals surface area contributed by atoms with Gasteiger partial charge in [0.25, 0.3) is 6.71 Å². The van der Waals surface area contributed by atoms with Crippen molar-refractivity contribution in [3.63, 3.8) is 0 Å². The average molecular weight is 391 g/mol. The first-order chi connectivity index (χ1) is 13.6. The molecule has 0 radical (unpaired) electrons. The zero-order valence-corrected chi connectivity index (χ0v) is 16.9. The molecule has 1 aliphatic rings. The van der Waals surface area contributed by atoms with Crippen LogP contribution in [0.3, 0.4) is 0 Å². The number of nitrogens with zero attached hydrogens (tertiary/aromatic N) is 3. The number of nitrogens with one attached hydrogen (secondary N) is 1. The van der Waals surface area contributed by atoms with E-state index in [4.69, 9.17) is 5.84 Å². The molecule has 3 rings (SSSR count). The highest BCUT2D eigenvalue weighted by molar-refractivity contribution is 8.15. The van der Waals surface area contributed by atoms with Crippen molar-refractivity contribution in [2.45, 2.75) is 37.3 Å². The highest BCUT2D eigenvalue weighted by atomic mass is 32.2. The van der Waals surface area contributed by atoms with Crippen molar-refractivity contribution in [1.82, 2.24) is 10.4 Å². The van der Waals surface area contributed by atoms with E-state index in [0.29, 0.717) is 17.5 Å². The SMILES string of the molecule is C=C(NN)c1ccc(CN(c2ccccc2)S(=C)C2CCB(C#N)CC2)nc1. The Morgan fingerprint density at radius 2 is 2.00 bits per heavy atom. The summed E-state index contributed by atoms with van der Waals surface area (Å²) in [5.74, 6) is 12.4. The molecule has 0 spiro atoms. The Balaban J connectivity index is 1.79. The van der Waals surface area contributed by atoms with Gasteiger partial charge in [-0.15, -0.1) is 0 Å². The molecule has 144 valence electrons. The number of pyridine rings is 1. The molecule has 1 aromatic heterocycles. The molecule has 0 saturated carbocycles. The number of hydrazine groups is 1. The van der Waals surface area contributed by atoms with Crippen molar-refractivity contribution < 1.29 is 0 Å². The number of hydrogen-bond acceptors (Lipinski definition) is 5. The minimum atomic E-state index is -0.194. The number of aromatic nitrogens is 1. The molecule has 28 heavy (non-hydrogen) atoms. The van der Waals surface area contributed by atoms with E-state index in [9.17, 15) is 5.26 Å². The summed E-state index contributed by atoms with van der Waals surface area (Å²) in [6, 6.07) is 14.4. The summed E-state index contributed by atoms with van der Waals surface area (Å²) in [5.41, 5.74) is 6.21. The monoisotopic (exact) mass is 391 g/mol. The zero-order chi connectivity index (χ0) is 19.9. The third-order valence-electron chi connectivity index (χ3n) is 5.22. The summed E-state index contributed by atoms with van der Waals surface area (Å²) in [5, 5.41) is 9.68. The van der Waals surface area contributed by atoms with Crippen molar-refractivity contribution in [3.8, 4) is 5.97 Å². The van der Waals surface area contributed by atoms with Gasteiger partial charge >= 0.3 is 0 Å². The minimum absolute atomic E-state index is 0.194. The Kier molecular flexibility index (Phi) is 6.91. The van der Waals surface area contributed by atoms with Crippen LogP contribution in [0.1, 0.15) is 24.1 Å². The van der Waals surface area contributed by atoms with Gasteiger partial charge < -0.3 is 9.73 Å². The first-order valence-electron chi connectivity index (χ1n) is 9.48. The number of anilines is 1. The molecule has 0 bridgehead atoms. The Labute approximate surface area is 170 Å².